The third-order valence-electron chi connectivity index (χ3n) is 3.32. The average molecular weight is 286 g/mol. The number of hydrogen-bond donors (Lipinski definition) is 2. The summed E-state index contributed by atoms with van der Waals surface area (Å²) in [5, 5.41) is 13.7. The van der Waals surface area contributed by atoms with Gasteiger partial charge in [0.15, 0.2) is 0 Å². The van der Waals surface area contributed by atoms with Crippen LogP contribution in [0.1, 0.15) is 48.4 Å². The standard InChI is InChI=1S/C15H18N4O2/c1-2-9-16-12-6-4-3-5-11(12)13(20)17-15-19-18-14(21-15)10-7-8-10/h3-6,10,16H,2,7-9H2,1H3,(H,17,19,20). The fourth-order valence-electron chi connectivity index (χ4n) is 2.04. The highest BCUT2D eigenvalue weighted by Gasteiger charge is 2.29. The molecule has 6 nitrogen and oxygen atoms in total. The van der Waals surface area contributed by atoms with Crippen LogP contribution in [0, 0.1) is 0 Å². The molecule has 6 heteroatoms. The Labute approximate surface area is 123 Å². The molecule has 0 atom stereocenters. The van der Waals surface area contributed by atoms with Gasteiger partial charge >= 0.3 is 6.01 Å². The Morgan fingerprint density at radius 3 is 2.90 bits per heavy atom. The lowest BCUT2D eigenvalue weighted by Gasteiger charge is -2.10. The van der Waals surface area contributed by atoms with Crippen LogP contribution in [0.25, 0.3) is 0 Å². The molecule has 3 rings (SSSR count). The molecular formula is C15H18N4O2. The molecule has 0 radical (unpaired) electrons. The van der Waals surface area contributed by atoms with Crippen LogP contribution in [0.4, 0.5) is 11.7 Å². The van der Waals surface area contributed by atoms with Gasteiger partial charge < -0.3 is 9.73 Å². The van der Waals surface area contributed by atoms with Gasteiger partial charge in [0, 0.05) is 18.2 Å². The first-order valence-electron chi connectivity index (χ1n) is 7.25. The van der Waals surface area contributed by atoms with E-state index in [1.807, 2.05) is 18.2 Å². The molecule has 0 saturated heterocycles. The van der Waals surface area contributed by atoms with Gasteiger partial charge in [0.2, 0.25) is 5.89 Å². The largest absolute Gasteiger partial charge is 0.408 e. The number of anilines is 2. The van der Waals surface area contributed by atoms with E-state index in [1.165, 1.54) is 0 Å². The van der Waals surface area contributed by atoms with E-state index in [0.717, 1.165) is 31.5 Å². The molecule has 1 saturated carbocycles. The van der Waals surface area contributed by atoms with E-state index in [1.54, 1.807) is 6.07 Å². The van der Waals surface area contributed by atoms with Gasteiger partial charge in [-0.3, -0.25) is 10.1 Å². The summed E-state index contributed by atoms with van der Waals surface area (Å²) < 4.78 is 5.45. The highest BCUT2D eigenvalue weighted by Crippen LogP contribution is 2.39. The van der Waals surface area contributed by atoms with E-state index in [0.29, 0.717) is 17.4 Å². The van der Waals surface area contributed by atoms with Crippen molar-refractivity contribution >= 4 is 17.6 Å². The van der Waals surface area contributed by atoms with E-state index in [4.69, 9.17) is 4.42 Å². The normalized spacial score (nSPS) is 14.0. The first kappa shape index (κ1) is 13.6. The van der Waals surface area contributed by atoms with E-state index < -0.39 is 0 Å². The van der Waals surface area contributed by atoms with Gasteiger partial charge in [-0.2, -0.15) is 0 Å². The zero-order valence-electron chi connectivity index (χ0n) is 11.9. The van der Waals surface area contributed by atoms with E-state index >= 15 is 0 Å². The maximum Gasteiger partial charge on any atom is 0.322 e. The number of nitrogens with zero attached hydrogens (tertiary/aromatic N) is 2. The van der Waals surface area contributed by atoms with E-state index in [2.05, 4.69) is 27.8 Å². The molecule has 1 aromatic heterocycles. The number of benzene rings is 1. The van der Waals surface area contributed by atoms with Gasteiger partial charge in [-0.1, -0.05) is 24.2 Å². The van der Waals surface area contributed by atoms with Crippen LogP contribution in [-0.2, 0) is 0 Å². The van der Waals surface area contributed by atoms with Gasteiger partial charge in [0.25, 0.3) is 5.91 Å². The second kappa shape index (κ2) is 5.95. The van der Waals surface area contributed by atoms with Crippen LogP contribution in [0.2, 0.25) is 0 Å². The summed E-state index contributed by atoms with van der Waals surface area (Å²) in [6.07, 6.45) is 3.16. The molecule has 1 aromatic carbocycles. The van der Waals surface area contributed by atoms with Crippen LogP contribution in [0.5, 0.6) is 0 Å². The van der Waals surface area contributed by atoms with Gasteiger partial charge in [-0.15, -0.1) is 5.10 Å². The lowest BCUT2D eigenvalue weighted by atomic mass is 10.1. The number of nitrogens with one attached hydrogen (secondary N) is 2. The molecule has 2 aromatic rings. The number of carbonyl (C=O) groups is 1. The Bertz CT molecular complexity index is 634. The topological polar surface area (TPSA) is 80.0 Å². The molecule has 110 valence electrons. The van der Waals surface area contributed by atoms with Crippen molar-refractivity contribution in [3.05, 3.63) is 35.7 Å². The summed E-state index contributed by atoms with van der Waals surface area (Å²) in [6, 6.07) is 7.54. The maximum atomic E-state index is 12.3. The number of para-hydroxylation sites is 1. The summed E-state index contributed by atoms with van der Waals surface area (Å²) in [7, 11) is 0. The fourth-order valence-corrected chi connectivity index (χ4v) is 2.04. The Kier molecular flexibility index (Phi) is 3.85. The summed E-state index contributed by atoms with van der Waals surface area (Å²) in [4.78, 5) is 12.3. The Morgan fingerprint density at radius 2 is 2.14 bits per heavy atom. The molecular weight excluding hydrogens is 268 g/mol. The predicted molar refractivity (Wildman–Crippen MR) is 79.4 cm³/mol. The summed E-state index contributed by atoms with van der Waals surface area (Å²) >= 11 is 0. The third kappa shape index (κ3) is 3.21. The Morgan fingerprint density at radius 1 is 1.33 bits per heavy atom. The molecule has 21 heavy (non-hydrogen) atoms. The number of rotatable bonds is 6. The van der Waals surface area contributed by atoms with E-state index in [-0.39, 0.29) is 11.9 Å². The monoisotopic (exact) mass is 286 g/mol. The van der Waals surface area contributed by atoms with E-state index in [9.17, 15) is 4.79 Å². The first-order chi connectivity index (χ1) is 10.3. The van der Waals surface area contributed by atoms with Crippen molar-refractivity contribution in [2.45, 2.75) is 32.1 Å². The minimum absolute atomic E-state index is 0.159. The molecule has 0 spiro atoms. The molecule has 1 aliphatic carbocycles. The molecule has 2 N–H and O–H groups in total. The minimum Gasteiger partial charge on any atom is -0.408 e. The van der Waals surface area contributed by atoms with Crippen LogP contribution in [0.15, 0.2) is 28.7 Å². The van der Waals surface area contributed by atoms with Crippen molar-refractivity contribution in [3.8, 4) is 0 Å². The molecule has 0 unspecified atom stereocenters. The minimum atomic E-state index is -0.250. The average Bonchev–Trinajstić information content (AvgIpc) is 3.26. The quantitative estimate of drug-likeness (QED) is 0.853. The summed E-state index contributed by atoms with van der Waals surface area (Å²) in [6.45, 7) is 2.89. The Balaban J connectivity index is 1.71. The molecule has 1 aliphatic rings. The maximum absolute atomic E-state index is 12.3. The number of hydrogen-bond acceptors (Lipinski definition) is 5. The number of amides is 1. The van der Waals surface area contributed by atoms with Crippen LogP contribution >= 0.6 is 0 Å². The zero-order chi connectivity index (χ0) is 14.7. The summed E-state index contributed by atoms with van der Waals surface area (Å²) in [5.41, 5.74) is 1.37. The van der Waals surface area contributed by atoms with Crippen molar-refractivity contribution < 1.29 is 9.21 Å². The predicted octanol–water partition coefficient (Wildman–Crippen LogP) is 3.02. The fraction of sp³-hybridized carbons (Fsp3) is 0.400. The molecule has 0 bridgehead atoms. The highest BCUT2D eigenvalue weighted by molar-refractivity contribution is 6.07. The lowest BCUT2D eigenvalue weighted by molar-refractivity contribution is 0.102. The highest BCUT2D eigenvalue weighted by atomic mass is 16.4. The van der Waals surface area contributed by atoms with Crippen molar-refractivity contribution in [2.24, 2.45) is 0 Å². The van der Waals surface area contributed by atoms with Crippen LogP contribution < -0.4 is 10.6 Å². The molecule has 1 amide bonds. The molecule has 1 fully saturated rings. The second-order valence-corrected chi connectivity index (χ2v) is 5.15. The van der Waals surface area contributed by atoms with Crippen LogP contribution in [-0.4, -0.2) is 22.6 Å². The van der Waals surface area contributed by atoms with Gasteiger partial charge in [-0.05, 0) is 31.4 Å². The first-order valence-corrected chi connectivity index (χ1v) is 7.25. The van der Waals surface area contributed by atoms with Crippen molar-refractivity contribution in [1.82, 2.24) is 10.2 Å². The number of aromatic nitrogens is 2. The van der Waals surface area contributed by atoms with Crippen molar-refractivity contribution in [1.29, 1.82) is 0 Å². The zero-order valence-corrected chi connectivity index (χ0v) is 11.9. The lowest BCUT2D eigenvalue weighted by Crippen LogP contribution is -2.15. The van der Waals surface area contributed by atoms with Gasteiger partial charge in [-0.25, -0.2) is 0 Å². The smallest absolute Gasteiger partial charge is 0.322 e. The molecule has 0 aliphatic heterocycles. The summed E-state index contributed by atoms with van der Waals surface area (Å²) in [5.74, 6) is 0.740. The van der Waals surface area contributed by atoms with Crippen LogP contribution in [0.3, 0.4) is 0 Å². The Hall–Kier alpha value is -2.37. The SMILES string of the molecule is CCCNc1ccccc1C(=O)Nc1nnc(C2CC2)o1. The molecule has 1 heterocycles. The number of carbonyl (C=O) groups excluding carboxylic acids is 1. The third-order valence-corrected chi connectivity index (χ3v) is 3.32. The van der Waals surface area contributed by atoms with Gasteiger partial charge in [0.05, 0.1) is 5.56 Å². The van der Waals surface area contributed by atoms with Crippen molar-refractivity contribution in [3.63, 3.8) is 0 Å². The van der Waals surface area contributed by atoms with Crippen molar-refractivity contribution in [2.75, 3.05) is 17.2 Å². The second-order valence-electron chi connectivity index (χ2n) is 5.15. The van der Waals surface area contributed by atoms with Gasteiger partial charge in [0.1, 0.15) is 0 Å².